The molecule has 0 spiro atoms. The zero-order chi connectivity index (χ0) is 8.27. The molecule has 0 saturated carbocycles. The summed E-state index contributed by atoms with van der Waals surface area (Å²) in [5.41, 5.74) is 1.34. The third kappa shape index (κ3) is 3.18. The van der Waals surface area contributed by atoms with Gasteiger partial charge < -0.3 is 0 Å². The third-order valence-corrected chi connectivity index (χ3v) is 2.00. The van der Waals surface area contributed by atoms with E-state index in [4.69, 9.17) is 0 Å². The molecule has 0 atom stereocenters. The molecule has 0 aromatic carbocycles. The molecule has 0 radical (unpaired) electrons. The van der Waals surface area contributed by atoms with Gasteiger partial charge >= 0.3 is 0 Å². The molecule has 1 rings (SSSR count). The molecule has 0 N–H and O–H groups in total. The van der Waals surface area contributed by atoms with Gasteiger partial charge in [0.25, 0.3) is 0 Å². The van der Waals surface area contributed by atoms with Crippen LogP contribution in [-0.4, -0.2) is 4.98 Å². The predicted octanol–water partition coefficient (Wildman–Crippen LogP) is 2.88. The third-order valence-electron chi connectivity index (χ3n) is 1.41. The highest BCUT2D eigenvalue weighted by Crippen LogP contribution is 2.09. The SMILES string of the molecule is CC(C)Cc1cncc(I)c1. The van der Waals surface area contributed by atoms with Crippen molar-refractivity contribution in [2.75, 3.05) is 0 Å². The van der Waals surface area contributed by atoms with Crippen molar-refractivity contribution in [3.63, 3.8) is 0 Å². The van der Waals surface area contributed by atoms with Crippen LogP contribution < -0.4 is 0 Å². The smallest absolute Gasteiger partial charge is 0.0401 e. The fourth-order valence-electron chi connectivity index (χ4n) is 1.04. The van der Waals surface area contributed by atoms with Gasteiger partial charge in [-0.25, -0.2) is 0 Å². The van der Waals surface area contributed by atoms with Crippen LogP contribution in [0.2, 0.25) is 0 Å². The molecule has 0 aliphatic heterocycles. The topological polar surface area (TPSA) is 12.9 Å². The predicted molar refractivity (Wildman–Crippen MR) is 55.5 cm³/mol. The minimum Gasteiger partial charge on any atom is -0.263 e. The number of hydrogen-bond donors (Lipinski definition) is 0. The van der Waals surface area contributed by atoms with Gasteiger partial charge in [-0.05, 0) is 46.6 Å². The van der Waals surface area contributed by atoms with Crippen LogP contribution in [0.15, 0.2) is 18.5 Å². The molecule has 1 aromatic heterocycles. The average Bonchev–Trinajstić information content (AvgIpc) is 1.85. The van der Waals surface area contributed by atoms with Crippen LogP contribution in [-0.2, 0) is 6.42 Å². The molecule has 1 heterocycles. The van der Waals surface area contributed by atoms with Crippen molar-refractivity contribution in [1.29, 1.82) is 0 Å². The molecule has 11 heavy (non-hydrogen) atoms. The van der Waals surface area contributed by atoms with E-state index >= 15 is 0 Å². The van der Waals surface area contributed by atoms with Gasteiger partial charge in [0.15, 0.2) is 0 Å². The number of halogens is 1. The van der Waals surface area contributed by atoms with Gasteiger partial charge in [0.1, 0.15) is 0 Å². The molecular formula is C9H12IN. The average molecular weight is 261 g/mol. The zero-order valence-electron chi connectivity index (χ0n) is 6.84. The summed E-state index contributed by atoms with van der Waals surface area (Å²) in [6.45, 7) is 4.44. The molecule has 0 amide bonds. The number of nitrogens with zero attached hydrogens (tertiary/aromatic N) is 1. The van der Waals surface area contributed by atoms with E-state index in [1.54, 1.807) is 0 Å². The van der Waals surface area contributed by atoms with E-state index in [2.05, 4.69) is 47.5 Å². The summed E-state index contributed by atoms with van der Waals surface area (Å²) in [6, 6.07) is 2.19. The number of hydrogen-bond acceptors (Lipinski definition) is 1. The van der Waals surface area contributed by atoms with Crippen molar-refractivity contribution >= 4 is 22.6 Å². The summed E-state index contributed by atoms with van der Waals surface area (Å²) in [5.74, 6) is 0.718. The largest absolute Gasteiger partial charge is 0.263 e. The van der Waals surface area contributed by atoms with Crippen molar-refractivity contribution in [3.8, 4) is 0 Å². The first kappa shape index (κ1) is 8.97. The van der Waals surface area contributed by atoms with Crippen molar-refractivity contribution in [1.82, 2.24) is 4.98 Å². The van der Waals surface area contributed by atoms with Gasteiger partial charge in [-0.3, -0.25) is 4.98 Å². The van der Waals surface area contributed by atoms with E-state index in [0.29, 0.717) is 0 Å². The zero-order valence-corrected chi connectivity index (χ0v) is 9.00. The normalized spacial score (nSPS) is 10.5. The minimum absolute atomic E-state index is 0.718. The molecule has 0 saturated heterocycles. The first-order chi connectivity index (χ1) is 5.18. The summed E-state index contributed by atoms with van der Waals surface area (Å²) in [4.78, 5) is 4.13. The lowest BCUT2D eigenvalue weighted by atomic mass is 10.1. The second-order valence-corrected chi connectivity index (χ2v) is 4.36. The van der Waals surface area contributed by atoms with Crippen LogP contribution in [0.3, 0.4) is 0 Å². The Hall–Kier alpha value is -0.120. The molecule has 0 aliphatic rings. The highest BCUT2D eigenvalue weighted by atomic mass is 127. The van der Waals surface area contributed by atoms with Crippen LogP contribution in [0.25, 0.3) is 0 Å². The quantitative estimate of drug-likeness (QED) is 0.746. The van der Waals surface area contributed by atoms with Gasteiger partial charge in [-0.2, -0.15) is 0 Å². The molecule has 0 aliphatic carbocycles. The fourth-order valence-corrected chi connectivity index (χ4v) is 1.60. The molecule has 60 valence electrons. The highest BCUT2D eigenvalue weighted by Gasteiger charge is 1.97. The Bertz CT molecular complexity index is 233. The maximum absolute atomic E-state index is 4.13. The Balaban J connectivity index is 2.71. The Morgan fingerprint density at radius 1 is 1.45 bits per heavy atom. The lowest BCUT2D eigenvalue weighted by Gasteiger charge is -2.03. The minimum atomic E-state index is 0.718. The van der Waals surface area contributed by atoms with Crippen LogP contribution in [0, 0.1) is 9.49 Å². The van der Waals surface area contributed by atoms with Crippen LogP contribution >= 0.6 is 22.6 Å². The molecule has 0 fully saturated rings. The van der Waals surface area contributed by atoms with E-state index in [1.165, 1.54) is 9.13 Å². The molecule has 0 bridgehead atoms. The molecular weight excluding hydrogens is 249 g/mol. The Labute approximate surface area is 81.4 Å². The first-order valence-corrected chi connectivity index (χ1v) is 4.86. The van der Waals surface area contributed by atoms with Gasteiger partial charge in [-0.15, -0.1) is 0 Å². The summed E-state index contributed by atoms with van der Waals surface area (Å²) in [5, 5.41) is 0. The molecule has 1 nitrogen and oxygen atoms in total. The second-order valence-electron chi connectivity index (χ2n) is 3.11. The number of pyridine rings is 1. The maximum Gasteiger partial charge on any atom is 0.0401 e. The van der Waals surface area contributed by atoms with E-state index in [-0.39, 0.29) is 0 Å². The monoisotopic (exact) mass is 261 g/mol. The van der Waals surface area contributed by atoms with Crippen LogP contribution in [0.5, 0.6) is 0 Å². The first-order valence-electron chi connectivity index (χ1n) is 3.78. The van der Waals surface area contributed by atoms with E-state index in [9.17, 15) is 0 Å². The Kier molecular flexibility index (Phi) is 3.30. The second kappa shape index (κ2) is 4.04. The summed E-state index contributed by atoms with van der Waals surface area (Å²) in [6.07, 6.45) is 4.95. The van der Waals surface area contributed by atoms with Gasteiger partial charge in [0.05, 0.1) is 0 Å². The van der Waals surface area contributed by atoms with Crippen molar-refractivity contribution in [2.45, 2.75) is 20.3 Å². The van der Waals surface area contributed by atoms with E-state index < -0.39 is 0 Å². The lowest BCUT2D eigenvalue weighted by Crippen LogP contribution is -1.94. The van der Waals surface area contributed by atoms with Crippen molar-refractivity contribution in [2.24, 2.45) is 5.92 Å². The highest BCUT2D eigenvalue weighted by molar-refractivity contribution is 14.1. The molecule has 1 aromatic rings. The van der Waals surface area contributed by atoms with Crippen LogP contribution in [0.4, 0.5) is 0 Å². The van der Waals surface area contributed by atoms with Crippen molar-refractivity contribution in [3.05, 3.63) is 27.6 Å². The summed E-state index contributed by atoms with van der Waals surface area (Å²) < 4.78 is 1.22. The standard InChI is InChI=1S/C9H12IN/c1-7(2)3-8-4-9(10)6-11-5-8/h4-7H,3H2,1-2H3. The van der Waals surface area contributed by atoms with Crippen LogP contribution in [0.1, 0.15) is 19.4 Å². The van der Waals surface area contributed by atoms with Gasteiger partial charge in [0.2, 0.25) is 0 Å². The number of rotatable bonds is 2. The van der Waals surface area contributed by atoms with Crippen molar-refractivity contribution < 1.29 is 0 Å². The Morgan fingerprint density at radius 2 is 2.18 bits per heavy atom. The molecule has 2 heteroatoms. The van der Waals surface area contributed by atoms with E-state index in [1.807, 2.05) is 12.4 Å². The van der Waals surface area contributed by atoms with Gasteiger partial charge in [0, 0.05) is 16.0 Å². The summed E-state index contributed by atoms with van der Waals surface area (Å²) >= 11 is 2.29. The fraction of sp³-hybridized carbons (Fsp3) is 0.444. The van der Waals surface area contributed by atoms with E-state index in [0.717, 1.165) is 12.3 Å². The maximum atomic E-state index is 4.13. The van der Waals surface area contributed by atoms with Gasteiger partial charge in [-0.1, -0.05) is 13.8 Å². The molecule has 0 unspecified atom stereocenters. The number of aromatic nitrogens is 1. The Morgan fingerprint density at radius 3 is 2.73 bits per heavy atom. The lowest BCUT2D eigenvalue weighted by molar-refractivity contribution is 0.645. The summed E-state index contributed by atoms with van der Waals surface area (Å²) in [7, 11) is 0.